The van der Waals surface area contributed by atoms with E-state index < -0.39 is 0 Å². The van der Waals surface area contributed by atoms with E-state index in [4.69, 9.17) is 19.2 Å². The number of fused-ring (bicyclic) bond motifs is 2. The van der Waals surface area contributed by atoms with E-state index in [1.165, 1.54) is 0 Å². The lowest BCUT2D eigenvalue weighted by atomic mass is 10.1. The topological polar surface area (TPSA) is 78.7 Å². The van der Waals surface area contributed by atoms with Gasteiger partial charge in [-0.3, -0.25) is 4.79 Å². The fourth-order valence-electron chi connectivity index (χ4n) is 4.57. The standard InChI is InChI=1S/C25H22N4O4/c1-31-19-7-4-16(5-8-19)23-27-20-3-2-11-26-24(20)29(23)18-10-12-28(14-18)25(30)17-6-9-21-22(13-17)33-15-32-21/h2-9,11,13,18H,10,12,14-15H2,1H3. The summed E-state index contributed by atoms with van der Waals surface area (Å²) in [5.41, 5.74) is 3.24. The molecule has 1 fully saturated rings. The average molecular weight is 442 g/mol. The van der Waals surface area contributed by atoms with Crippen LogP contribution in [0.1, 0.15) is 22.8 Å². The molecule has 1 unspecified atom stereocenters. The molecule has 1 amide bonds. The molecule has 0 radical (unpaired) electrons. The van der Waals surface area contributed by atoms with Crippen LogP contribution in [0.15, 0.2) is 60.8 Å². The zero-order valence-corrected chi connectivity index (χ0v) is 18.1. The molecule has 0 aliphatic carbocycles. The molecule has 33 heavy (non-hydrogen) atoms. The van der Waals surface area contributed by atoms with Crippen LogP contribution in [0, 0.1) is 0 Å². The molecular weight excluding hydrogens is 420 g/mol. The SMILES string of the molecule is COc1ccc(-c2nc3cccnc3n2C2CCN(C(=O)c3ccc4c(c3)OCO4)C2)cc1. The maximum Gasteiger partial charge on any atom is 0.254 e. The van der Waals surface area contributed by atoms with Gasteiger partial charge in [0.05, 0.1) is 13.2 Å². The highest BCUT2D eigenvalue weighted by molar-refractivity contribution is 5.95. The molecule has 2 aromatic carbocycles. The molecule has 1 saturated heterocycles. The van der Waals surface area contributed by atoms with Crippen molar-refractivity contribution in [3.05, 3.63) is 66.4 Å². The number of rotatable bonds is 4. The van der Waals surface area contributed by atoms with Gasteiger partial charge in [0.1, 0.15) is 17.1 Å². The lowest BCUT2D eigenvalue weighted by molar-refractivity contribution is 0.0787. The van der Waals surface area contributed by atoms with Gasteiger partial charge in [-0.15, -0.1) is 0 Å². The molecule has 2 aliphatic rings. The van der Waals surface area contributed by atoms with Crippen molar-refractivity contribution in [1.82, 2.24) is 19.4 Å². The van der Waals surface area contributed by atoms with Gasteiger partial charge in [0, 0.05) is 30.4 Å². The molecule has 0 bridgehead atoms. The number of methoxy groups -OCH3 is 1. The number of ether oxygens (including phenoxy) is 3. The summed E-state index contributed by atoms with van der Waals surface area (Å²) in [5, 5.41) is 0. The minimum atomic E-state index is -0.0147. The summed E-state index contributed by atoms with van der Waals surface area (Å²) in [7, 11) is 1.65. The third-order valence-corrected chi connectivity index (χ3v) is 6.23. The van der Waals surface area contributed by atoms with Crippen molar-refractivity contribution in [1.29, 1.82) is 0 Å². The van der Waals surface area contributed by atoms with Gasteiger partial charge in [-0.05, 0) is 61.0 Å². The number of hydrogen-bond donors (Lipinski definition) is 0. The monoisotopic (exact) mass is 442 g/mol. The smallest absolute Gasteiger partial charge is 0.254 e. The van der Waals surface area contributed by atoms with E-state index in [9.17, 15) is 4.79 Å². The van der Waals surface area contributed by atoms with Gasteiger partial charge >= 0.3 is 0 Å². The molecule has 4 aromatic rings. The number of likely N-dealkylation sites (tertiary alicyclic amines) is 1. The summed E-state index contributed by atoms with van der Waals surface area (Å²) in [4.78, 5) is 24.6. The number of pyridine rings is 1. The first-order valence-electron chi connectivity index (χ1n) is 10.9. The molecule has 2 aromatic heterocycles. The summed E-state index contributed by atoms with van der Waals surface area (Å²) >= 11 is 0. The Morgan fingerprint density at radius 1 is 1.09 bits per heavy atom. The second-order valence-electron chi connectivity index (χ2n) is 8.14. The number of aromatic nitrogens is 3. The van der Waals surface area contributed by atoms with Gasteiger partial charge in [-0.1, -0.05) is 0 Å². The zero-order valence-electron chi connectivity index (χ0n) is 18.1. The first-order valence-corrected chi connectivity index (χ1v) is 10.9. The van der Waals surface area contributed by atoms with Gasteiger partial charge in [0.15, 0.2) is 17.1 Å². The van der Waals surface area contributed by atoms with Crippen molar-refractivity contribution in [3.63, 3.8) is 0 Å². The Morgan fingerprint density at radius 3 is 2.79 bits per heavy atom. The third kappa shape index (κ3) is 3.34. The van der Waals surface area contributed by atoms with Crippen molar-refractivity contribution in [2.45, 2.75) is 12.5 Å². The second kappa shape index (κ2) is 7.81. The maximum absolute atomic E-state index is 13.2. The molecule has 166 valence electrons. The van der Waals surface area contributed by atoms with Crippen LogP contribution in [-0.2, 0) is 0 Å². The summed E-state index contributed by atoms with van der Waals surface area (Å²) < 4.78 is 18.3. The van der Waals surface area contributed by atoms with E-state index in [1.54, 1.807) is 31.5 Å². The number of amides is 1. The van der Waals surface area contributed by atoms with Crippen LogP contribution >= 0.6 is 0 Å². The van der Waals surface area contributed by atoms with Crippen LogP contribution in [0.4, 0.5) is 0 Å². The van der Waals surface area contributed by atoms with Gasteiger partial charge in [0.25, 0.3) is 5.91 Å². The van der Waals surface area contributed by atoms with Crippen LogP contribution in [-0.4, -0.2) is 52.3 Å². The Labute approximate surface area is 190 Å². The summed E-state index contributed by atoms with van der Waals surface area (Å²) in [6, 6.07) is 17.1. The Morgan fingerprint density at radius 2 is 1.94 bits per heavy atom. The predicted molar refractivity (Wildman–Crippen MR) is 122 cm³/mol. The molecule has 2 aliphatic heterocycles. The fourth-order valence-corrected chi connectivity index (χ4v) is 4.57. The average Bonchev–Trinajstić information content (AvgIpc) is 3.61. The van der Waals surface area contributed by atoms with Gasteiger partial charge in [-0.2, -0.15) is 0 Å². The summed E-state index contributed by atoms with van der Waals surface area (Å²) in [5.74, 6) is 2.91. The normalized spacial score (nSPS) is 17.0. The van der Waals surface area contributed by atoms with E-state index in [0.717, 1.165) is 34.7 Å². The van der Waals surface area contributed by atoms with Crippen molar-refractivity contribution in [2.24, 2.45) is 0 Å². The lowest BCUT2D eigenvalue weighted by Gasteiger charge is -2.19. The van der Waals surface area contributed by atoms with Gasteiger partial charge in [-0.25, -0.2) is 9.97 Å². The lowest BCUT2D eigenvalue weighted by Crippen LogP contribution is -2.29. The van der Waals surface area contributed by atoms with E-state index in [2.05, 4.69) is 9.55 Å². The third-order valence-electron chi connectivity index (χ3n) is 6.23. The van der Waals surface area contributed by atoms with Crippen LogP contribution in [0.5, 0.6) is 17.2 Å². The largest absolute Gasteiger partial charge is 0.497 e. The highest BCUT2D eigenvalue weighted by Crippen LogP contribution is 2.35. The number of benzene rings is 2. The van der Waals surface area contributed by atoms with Gasteiger partial charge < -0.3 is 23.7 Å². The van der Waals surface area contributed by atoms with E-state index in [1.807, 2.05) is 41.3 Å². The van der Waals surface area contributed by atoms with Crippen LogP contribution < -0.4 is 14.2 Å². The molecule has 8 nitrogen and oxygen atoms in total. The van der Waals surface area contributed by atoms with Crippen LogP contribution in [0.2, 0.25) is 0 Å². The number of carbonyl (C=O) groups is 1. The Kier molecular flexibility index (Phi) is 4.64. The summed E-state index contributed by atoms with van der Waals surface area (Å²) in [6.07, 6.45) is 2.60. The van der Waals surface area contributed by atoms with Crippen molar-refractivity contribution < 1.29 is 19.0 Å². The predicted octanol–water partition coefficient (Wildman–Crippen LogP) is 3.92. The number of nitrogens with zero attached hydrogens (tertiary/aromatic N) is 4. The molecule has 4 heterocycles. The Balaban J connectivity index is 1.32. The summed E-state index contributed by atoms with van der Waals surface area (Å²) in [6.45, 7) is 1.43. The highest BCUT2D eigenvalue weighted by atomic mass is 16.7. The van der Waals surface area contributed by atoms with E-state index in [-0.39, 0.29) is 18.7 Å². The molecule has 0 spiro atoms. The van der Waals surface area contributed by atoms with Gasteiger partial charge in [0.2, 0.25) is 6.79 Å². The molecule has 0 saturated carbocycles. The first kappa shape index (κ1) is 19.6. The molecule has 1 atom stereocenters. The number of carbonyl (C=O) groups excluding carboxylic acids is 1. The Bertz CT molecular complexity index is 1350. The fraction of sp³-hybridized carbons (Fsp3) is 0.240. The van der Waals surface area contributed by atoms with Crippen molar-refractivity contribution in [2.75, 3.05) is 27.0 Å². The first-order chi connectivity index (χ1) is 16.2. The highest BCUT2D eigenvalue weighted by Gasteiger charge is 2.32. The van der Waals surface area contributed by atoms with Crippen LogP contribution in [0.25, 0.3) is 22.6 Å². The minimum absolute atomic E-state index is 0.0147. The second-order valence-corrected chi connectivity index (χ2v) is 8.14. The molecule has 6 rings (SSSR count). The minimum Gasteiger partial charge on any atom is -0.497 e. The Hall–Kier alpha value is -4.07. The molecule has 8 heteroatoms. The van der Waals surface area contributed by atoms with E-state index in [0.29, 0.717) is 30.2 Å². The quantitative estimate of drug-likeness (QED) is 0.477. The van der Waals surface area contributed by atoms with E-state index >= 15 is 0 Å². The number of imidazole rings is 1. The number of hydrogen-bond acceptors (Lipinski definition) is 6. The molecule has 0 N–H and O–H groups in total. The zero-order chi connectivity index (χ0) is 22.4. The maximum atomic E-state index is 13.2. The molecular formula is C25H22N4O4. The van der Waals surface area contributed by atoms with Crippen LogP contribution in [0.3, 0.4) is 0 Å². The van der Waals surface area contributed by atoms with Crippen molar-refractivity contribution in [3.8, 4) is 28.6 Å². The van der Waals surface area contributed by atoms with Crippen molar-refractivity contribution >= 4 is 17.1 Å².